The number of halogens is 3. The van der Waals surface area contributed by atoms with Crippen LogP contribution in [0.2, 0.25) is 0 Å². The van der Waals surface area contributed by atoms with Gasteiger partial charge in [-0.25, -0.2) is 18.1 Å². The molecule has 0 unspecified atom stereocenters. The molecular weight excluding hydrogens is 675 g/mol. The van der Waals surface area contributed by atoms with Crippen molar-refractivity contribution in [3.63, 3.8) is 0 Å². The highest BCUT2D eigenvalue weighted by molar-refractivity contribution is 7.92. The predicted molar refractivity (Wildman–Crippen MR) is 175 cm³/mol. The molecule has 258 valence electrons. The van der Waals surface area contributed by atoms with Crippen LogP contribution in [0.5, 0.6) is 5.75 Å². The maximum atomic E-state index is 13.6. The zero-order valence-corrected chi connectivity index (χ0v) is 27.1. The number of aromatic nitrogens is 1. The minimum Gasteiger partial charge on any atom is -0.489 e. The molecule has 1 aliphatic heterocycles. The molecule has 1 N–H and O–H groups in total. The van der Waals surface area contributed by atoms with Gasteiger partial charge < -0.3 is 14.0 Å². The Bertz CT molecular complexity index is 2040. The number of anilines is 1. The number of alkyl halides is 3. The fraction of sp³-hybridized carbons (Fsp3) is 0.194. The van der Waals surface area contributed by atoms with Gasteiger partial charge in [-0.1, -0.05) is 59.8 Å². The van der Waals surface area contributed by atoms with Gasteiger partial charge in [-0.2, -0.15) is 13.2 Å². The summed E-state index contributed by atoms with van der Waals surface area (Å²) in [5, 5.41) is 4.06. The van der Waals surface area contributed by atoms with Crippen LogP contribution in [0.25, 0.3) is 0 Å². The maximum absolute atomic E-state index is 13.6. The molecule has 0 aliphatic carbocycles. The van der Waals surface area contributed by atoms with E-state index in [4.69, 9.17) is 14.0 Å². The molecule has 0 radical (unpaired) electrons. The van der Waals surface area contributed by atoms with Gasteiger partial charge in [0.05, 0.1) is 22.2 Å². The summed E-state index contributed by atoms with van der Waals surface area (Å²) in [5.74, 6) is -0.452. The molecule has 1 aromatic heterocycles. The molecular formula is C36H30F3N3O7S. The Labute approximate surface area is 285 Å². The lowest BCUT2D eigenvalue weighted by Gasteiger charge is -2.22. The van der Waals surface area contributed by atoms with Crippen molar-refractivity contribution >= 4 is 27.7 Å². The van der Waals surface area contributed by atoms with Crippen molar-refractivity contribution in [1.29, 1.82) is 0 Å². The quantitative estimate of drug-likeness (QED) is 0.145. The van der Waals surface area contributed by atoms with Crippen LogP contribution in [0, 0.1) is 0 Å². The lowest BCUT2D eigenvalue weighted by molar-refractivity contribution is -0.137. The number of benzene rings is 4. The maximum Gasteiger partial charge on any atom is 0.416 e. The van der Waals surface area contributed by atoms with E-state index in [-0.39, 0.29) is 30.2 Å². The lowest BCUT2D eigenvalue weighted by Crippen LogP contribution is -2.40. The summed E-state index contributed by atoms with van der Waals surface area (Å²) in [6.07, 6.45) is -3.46. The zero-order valence-electron chi connectivity index (χ0n) is 26.2. The number of carbonyl (C=O) groups excluding carboxylic acids is 2. The van der Waals surface area contributed by atoms with E-state index in [0.717, 1.165) is 23.3 Å². The third-order valence-electron chi connectivity index (χ3n) is 8.10. The van der Waals surface area contributed by atoms with Crippen LogP contribution in [-0.2, 0) is 38.8 Å². The van der Waals surface area contributed by atoms with Crippen molar-refractivity contribution in [3.05, 3.63) is 143 Å². The van der Waals surface area contributed by atoms with Crippen molar-refractivity contribution in [2.75, 3.05) is 11.3 Å². The normalized spacial score (nSPS) is 15.4. The number of rotatable bonds is 12. The highest BCUT2D eigenvalue weighted by Crippen LogP contribution is 2.32. The van der Waals surface area contributed by atoms with E-state index in [0.29, 0.717) is 35.6 Å². The third kappa shape index (κ3) is 8.14. The Morgan fingerprint density at radius 3 is 2.34 bits per heavy atom. The Hall–Kier alpha value is -5.63. The first kappa shape index (κ1) is 34.2. The number of cyclic esters (lactones) is 1. The van der Waals surface area contributed by atoms with E-state index in [2.05, 4.69) is 9.88 Å². The Balaban J connectivity index is 1.10. The van der Waals surface area contributed by atoms with E-state index >= 15 is 0 Å². The molecule has 6 rings (SSSR count). The number of nitrogens with one attached hydrogen (secondary N) is 1. The highest BCUT2D eigenvalue weighted by Gasteiger charge is 2.39. The molecule has 1 aliphatic rings. The summed E-state index contributed by atoms with van der Waals surface area (Å²) >= 11 is 0. The number of amides is 2. The van der Waals surface area contributed by atoms with Crippen LogP contribution in [0.4, 0.5) is 23.7 Å². The first-order valence-corrected chi connectivity index (χ1v) is 16.9. The molecule has 14 heteroatoms. The van der Waals surface area contributed by atoms with E-state index in [1.165, 1.54) is 17.2 Å². The van der Waals surface area contributed by atoms with Gasteiger partial charge in [0.25, 0.3) is 10.0 Å². The van der Waals surface area contributed by atoms with Gasteiger partial charge in [0, 0.05) is 24.1 Å². The second-order valence-electron chi connectivity index (χ2n) is 11.6. The molecule has 0 bridgehead atoms. The van der Waals surface area contributed by atoms with Crippen LogP contribution < -0.4 is 9.46 Å². The monoisotopic (exact) mass is 705 g/mol. The molecule has 5 aromatic rings. The Morgan fingerprint density at radius 1 is 0.940 bits per heavy atom. The van der Waals surface area contributed by atoms with Gasteiger partial charge in [-0.05, 0) is 71.6 Å². The van der Waals surface area contributed by atoms with Crippen LogP contribution in [-0.4, -0.2) is 43.1 Å². The molecule has 2 amide bonds. The fourth-order valence-corrected chi connectivity index (χ4v) is 6.64. The summed E-state index contributed by atoms with van der Waals surface area (Å²) in [7, 11) is -4.15. The minimum absolute atomic E-state index is 0.0672. The second kappa shape index (κ2) is 14.5. The van der Waals surface area contributed by atoms with E-state index in [9.17, 15) is 31.2 Å². The van der Waals surface area contributed by atoms with Crippen LogP contribution in [0.15, 0.2) is 125 Å². The average Bonchev–Trinajstić information content (AvgIpc) is 3.77. The van der Waals surface area contributed by atoms with Crippen molar-refractivity contribution in [1.82, 2.24) is 10.1 Å². The van der Waals surface area contributed by atoms with Gasteiger partial charge in [-0.3, -0.25) is 9.52 Å². The zero-order chi connectivity index (χ0) is 35.3. The van der Waals surface area contributed by atoms with Crippen LogP contribution >= 0.6 is 0 Å². The molecule has 2 heterocycles. The Kier molecular flexibility index (Phi) is 9.90. The van der Waals surface area contributed by atoms with E-state index in [1.807, 2.05) is 30.3 Å². The number of hydrogen-bond acceptors (Lipinski definition) is 8. The van der Waals surface area contributed by atoms with Gasteiger partial charge in [0.2, 0.25) is 5.91 Å². The number of carbonyl (C=O) groups is 2. The fourth-order valence-electron chi connectivity index (χ4n) is 5.60. The van der Waals surface area contributed by atoms with Crippen molar-refractivity contribution in [2.24, 2.45) is 0 Å². The number of ether oxygens (including phenoxy) is 2. The predicted octanol–water partition coefficient (Wildman–Crippen LogP) is 7.19. The molecule has 0 saturated carbocycles. The van der Waals surface area contributed by atoms with Crippen LogP contribution in [0.1, 0.15) is 40.3 Å². The molecule has 50 heavy (non-hydrogen) atoms. The summed E-state index contributed by atoms with van der Waals surface area (Å²) in [4.78, 5) is 27.0. The molecule has 4 aromatic carbocycles. The van der Waals surface area contributed by atoms with Crippen molar-refractivity contribution in [2.45, 2.75) is 42.5 Å². The Morgan fingerprint density at radius 2 is 1.66 bits per heavy atom. The summed E-state index contributed by atoms with van der Waals surface area (Å²) < 4.78 is 82.8. The summed E-state index contributed by atoms with van der Waals surface area (Å²) in [5.41, 5.74) is 2.08. The molecule has 1 fully saturated rings. The lowest BCUT2D eigenvalue weighted by atomic mass is 9.91. The third-order valence-corrected chi connectivity index (χ3v) is 9.49. The van der Waals surface area contributed by atoms with E-state index in [1.54, 1.807) is 48.5 Å². The smallest absolute Gasteiger partial charge is 0.416 e. The first-order valence-electron chi connectivity index (χ1n) is 15.4. The SMILES string of the molecule is O=C(C[C@@H](c1ccc(OCc2cccc(NS(=O)(=O)c3ccc(C(F)(F)F)cc3)c2)cc1)c1ccon1)N1C(=O)OC[C@@H]1Cc1ccccc1. The standard InChI is InChI=1S/C36H30F3N3O7S/c37-36(38,39)27-11-15-31(16-12-27)50(45,46)41-28-8-4-7-25(19-28)22-47-30-13-9-26(10-14-30)32(33-17-18-49-40-33)21-34(43)42-29(23-48-35(42)44)20-24-5-2-1-3-6-24/h1-19,29,32,41H,20-23H2/t29-,32-/m0/s1. The van der Waals surface area contributed by atoms with Gasteiger partial charge >= 0.3 is 12.3 Å². The molecule has 0 spiro atoms. The topological polar surface area (TPSA) is 128 Å². The van der Waals surface area contributed by atoms with Gasteiger partial charge in [0.1, 0.15) is 25.2 Å². The largest absolute Gasteiger partial charge is 0.489 e. The molecule has 1 saturated heterocycles. The van der Waals surface area contributed by atoms with E-state index < -0.39 is 45.7 Å². The number of imide groups is 1. The molecule has 10 nitrogen and oxygen atoms in total. The second-order valence-corrected chi connectivity index (χ2v) is 13.2. The molecule has 2 atom stereocenters. The van der Waals surface area contributed by atoms with Gasteiger partial charge in [0.15, 0.2) is 0 Å². The van der Waals surface area contributed by atoms with Crippen LogP contribution in [0.3, 0.4) is 0 Å². The summed E-state index contributed by atoms with van der Waals surface area (Å²) in [6, 6.07) is 27.4. The number of hydrogen-bond donors (Lipinski definition) is 1. The van der Waals surface area contributed by atoms with Crippen molar-refractivity contribution in [3.8, 4) is 5.75 Å². The van der Waals surface area contributed by atoms with Crippen molar-refractivity contribution < 1.29 is 45.2 Å². The minimum atomic E-state index is -4.58. The first-order chi connectivity index (χ1) is 24.0. The number of nitrogens with zero attached hydrogens (tertiary/aromatic N) is 2. The average molecular weight is 706 g/mol. The highest BCUT2D eigenvalue weighted by atomic mass is 32.2. The number of sulfonamides is 1. The van der Waals surface area contributed by atoms with Gasteiger partial charge in [-0.15, -0.1) is 0 Å². The summed E-state index contributed by atoms with van der Waals surface area (Å²) in [6.45, 7) is 0.175.